The second-order valence-electron chi connectivity index (χ2n) is 6.60. The van der Waals surface area contributed by atoms with Gasteiger partial charge in [-0.3, -0.25) is 19.8 Å². The molecule has 0 atom stereocenters. The van der Waals surface area contributed by atoms with Crippen molar-refractivity contribution in [2.24, 2.45) is 0 Å². The summed E-state index contributed by atoms with van der Waals surface area (Å²) in [7, 11) is 0. The molecule has 4 rings (SSSR count). The van der Waals surface area contributed by atoms with Gasteiger partial charge in [-0.15, -0.1) is 0 Å². The van der Waals surface area contributed by atoms with E-state index in [1.165, 1.54) is 35.2 Å². The summed E-state index contributed by atoms with van der Waals surface area (Å²) >= 11 is 6.41. The standard InChI is InChI=1S/C20H16FN3O4S2/c21-14-2-1-3-15(12-14)23-19(25)18(30-20(23)29)11-13-10-16(24(26)27)4-5-17(13)22-6-8-28-9-7-22/h1-5,10-12H,6-9H2. The zero-order valence-electron chi connectivity index (χ0n) is 15.6. The molecule has 10 heteroatoms. The molecule has 2 aliphatic rings. The fourth-order valence-corrected chi connectivity index (χ4v) is 4.60. The van der Waals surface area contributed by atoms with Crippen LogP contribution in [0, 0.1) is 15.9 Å². The highest BCUT2D eigenvalue weighted by Crippen LogP contribution is 2.38. The number of nitrogens with zero attached hydrogens (tertiary/aromatic N) is 3. The number of ether oxygens (including phenoxy) is 1. The molecule has 2 aromatic carbocycles. The first-order valence-corrected chi connectivity index (χ1v) is 10.3. The Kier molecular flexibility index (Phi) is 5.80. The van der Waals surface area contributed by atoms with Crippen LogP contribution in [0.25, 0.3) is 6.08 Å². The first-order valence-electron chi connectivity index (χ1n) is 9.09. The highest BCUT2D eigenvalue weighted by Gasteiger charge is 2.34. The molecule has 0 N–H and O–H groups in total. The van der Waals surface area contributed by atoms with Crippen LogP contribution in [-0.2, 0) is 9.53 Å². The van der Waals surface area contributed by atoms with E-state index in [2.05, 4.69) is 4.90 Å². The van der Waals surface area contributed by atoms with E-state index in [9.17, 15) is 19.3 Å². The maximum Gasteiger partial charge on any atom is 0.270 e. The van der Waals surface area contributed by atoms with Gasteiger partial charge in [-0.05, 0) is 30.3 Å². The van der Waals surface area contributed by atoms with E-state index in [0.29, 0.717) is 42.5 Å². The van der Waals surface area contributed by atoms with Crippen LogP contribution < -0.4 is 9.80 Å². The summed E-state index contributed by atoms with van der Waals surface area (Å²) in [6.07, 6.45) is 1.61. The number of halogens is 1. The SMILES string of the molecule is O=C1C(=Cc2cc([N+](=O)[O-])ccc2N2CCOCC2)SC(=S)N1c1cccc(F)c1. The number of carbonyl (C=O) groups excluding carboxylic acids is 1. The van der Waals surface area contributed by atoms with Gasteiger partial charge in [0, 0.05) is 36.5 Å². The second kappa shape index (κ2) is 8.50. The van der Waals surface area contributed by atoms with Gasteiger partial charge in [0.05, 0.1) is 28.7 Å². The van der Waals surface area contributed by atoms with Crippen LogP contribution in [0.15, 0.2) is 47.4 Å². The molecule has 0 spiro atoms. The van der Waals surface area contributed by atoms with Gasteiger partial charge in [-0.1, -0.05) is 30.0 Å². The summed E-state index contributed by atoms with van der Waals surface area (Å²) in [5.41, 5.74) is 1.60. The number of hydrogen-bond donors (Lipinski definition) is 0. The number of morpholine rings is 1. The molecule has 0 saturated carbocycles. The molecule has 0 radical (unpaired) electrons. The first kappa shape index (κ1) is 20.5. The number of amides is 1. The second-order valence-corrected chi connectivity index (χ2v) is 8.27. The Morgan fingerprint density at radius 1 is 1.20 bits per heavy atom. The lowest BCUT2D eigenvalue weighted by Crippen LogP contribution is -2.36. The lowest BCUT2D eigenvalue weighted by Gasteiger charge is -2.30. The maximum atomic E-state index is 13.6. The van der Waals surface area contributed by atoms with E-state index in [4.69, 9.17) is 17.0 Å². The van der Waals surface area contributed by atoms with Crippen LogP contribution in [0.2, 0.25) is 0 Å². The molecule has 1 amide bonds. The maximum absolute atomic E-state index is 13.6. The van der Waals surface area contributed by atoms with Crippen molar-refractivity contribution in [2.45, 2.75) is 0 Å². The minimum absolute atomic E-state index is 0.0705. The predicted molar refractivity (Wildman–Crippen MR) is 118 cm³/mol. The van der Waals surface area contributed by atoms with Gasteiger partial charge in [0.1, 0.15) is 5.82 Å². The highest BCUT2D eigenvalue weighted by atomic mass is 32.2. The van der Waals surface area contributed by atoms with E-state index < -0.39 is 16.6 Å². The predicted octanol–water partition coefficient (Wildman–Crippen LogP) is 3.98. The van der Waals surface area contributed by atoms with Gasteiger partial charge in [0.15, 0.2) is 4.32 Å². The normalized spacial score (nSPS) is 18.4. The van der Waals surface area contributed by atoms with Gasteiger partial charge >= 0.3 is 0 Å². The largest absolute Gasteiger partial charge is 0.378 e. The van der Waals surface area contributed by atoms with Crippen LogP contribution >= 0.6 is 24.0 Å². The molecule has 154 valence electrons. The molecule has 0 unspecified atom stereocenters. The van der Waals surface area contributed by atoms with Crippen LogP contribution in [0.3, 0.4) is 0 Å². The first-order chi connectivity index (χ1) is 14.4. The van der Waals surface area contributed by atoms with Crippen molar-refractivity contribution in [2.75, 3.05) is 36.1 Å². The third-order valence-corrected chi connectivity index (χ3v) is 6.02. The molecule has 0 aromatic heterocycles. The van der Waals surface area contributed by atoms with E-state index in [-0.39, 0.29) is 10.0 Å². The Bertz CT molecular complexity index is 1070. The average Bonchev–Trinajstić information content (AvgIpc) is 3.01. The van der Waals surface area contributed by atoms with E-state index in [1.807, 2.05) is 0 Å². The number of thiocarbonyl (C=S) groups is 1. The van der Waals surface area contributed by atoms with Crippen LogP contribution in [-0.4, -0.2) is 41.5 Å². The summed E-state index contributed by atoms with van der Waals surface area (Å²) in [6.45, 7) is 2.39. The average molecular weight is 445 g/mol. The van der Waals surface area contributed by atoms with E-state index in [1.54, 1.807) is 18.2 Å². The summed E-state index contributed by atoms with van der Waals surface area (Å²) < 4.78 is 19.3. The topological polar surface area (TPSA) is 75.9 Å². The van der Waals surface area contributed by atoms with Crippen molar-refractivity contribution in [1.29, 1.82) is 0 Å². The third-order valence-electron chi connectivity index (χ3n) is 4.72. The van der Waals surface area contributed by atoms with Crippen LogP contribution in [0.1, 0.15) is 5.56 Å². The van der Waals surface area contributed by atoms with E-state index >= 15 is 0 Å². The smallest absolute Gasteiger partial charge is 0.270 e. The highest BCUT2D eigenvalue weighted by molar-refractivity contribution is 8.27. The summed E-state index contributed by atoms with van der Waals surface area (Å²) in [6, 6.07) is 10.2. The molecular weight excluding hydrogens is 429 g/mol. The third kappa shape index (κ3) is 4.07. The Balaban J connectivity index is 1.73. The van der Waals surface area contributed by atoms with Crippen molar-refractivity contribution < 1.29 is 18.8 Å². The van der Waals surface area contributed by atoms with Crippen molar-refractivity contribution in [1.82, 2.24) is 0 Å². The van der Waals surface area contributed by atoms with Gasteiger partial charge in [0.2, 0.25) is 0 Å². The Labute approximate surface area is 181 Å². The molecule has 2 aliphatic heterocycles. The van der Waals surface area contributed by atoms with Gasteiger partial charge in [-0.25, -0.2) is 4.39 Å². The number of nitro benzene ring substituents is 1. The molecule has 0 aliphatic carbocycles. The van der Waals surface area contributed by atoms with Crippen LogP contribution in [0.5, 0.6) is 0 Å². The quantitative estimate of drug-likeness (QED) is 0.305. The van der Waals surface area contributed by atoms with Crippen molar-refractivity contribution in [3.8, 4) is 0 Å². The number of hydrogen-bond acceptors (Lipinski definition) is 7. The monoisotopic (exact) mass is 445 g/mol. The summed E-state index contributed by atoms with van der Waals surface area (Å²) in [5.74, 6) is -0.867. The summed E-state index contributed by atoms with van der Waals surface area (Å²) in [5, 5.41) is 11.3. The minimum Gasteiger partial charge on any atom is -0.378 e. The fourth-order valence-electron chi connectivity index (χ4n) is 3.31. The number of rotatable bonds is 4. The lowest BCUT2D eigenvalue weighted by atomic mass is 10.1. The number of benzene rings is 2. The molecule has 2 heterocycles. The fraction of sp³-hybridized carbons (Fsp3) is 0.200. The van der Waals surface area contributed by atoms with E-state index in [0.717, 1.165) is 17.4 Å². The number of carbonyl (C=O) groups is 1. The summed E-state index contributed by atoms with van der Waals surface area (Å²) in [4.78, 5) is 27.4. The number of non-ortho nitro benzene ring substituents is 1. The van der Waals surface area contributed by atoms with Crippen molar-refractivity contribution in [3.63, 3.8) is 0 Å². The molecule has 7 nitrogen and oxygen atoms in total. The van der Waals surface area contributed by atoms with Crippen LogP contribution in [0.4, 0.5) is 21.5 Å². The molecule has 2 fully saturated rings. The zero-order chi connectivity index (χ0) is 21.3. The van der Waals surface area contributed by atoms with Crippen molar-refractivity contribution >= 4 is 57.3 Å². The number of anilines is 2. The Morgan fingerprint density at radius 2 is 1.97 bits per heavy atom. The van der Waals surface area contributed by atoms with Gasteiger partial charge in [0.25, 0.3) is 11.6 Å². The number of thioether (sulfide) groups is 1. The molecular formula is C20H16FN3O4S2. The minimum atomic E-state index is -0.474. The molecule has 2 saturated heterocycles. The molecule has 2 aromatic rings. The molecule has 0 bridgehead atoms. The van der Waals surface area contributed by atoms with Gasteiger partial charge in [-0.2, -0.15) is 0 Å². The Hall–Kier alpha value is -2.82. The Morgan fingerprint density at radius 3 is 2.67 bits per heavy atom. The number of nitro groups is 1. The van der Waals surface area contributed by atoms with Crippen molar-refractivity contribution in [3.05, 3.63) is 68.9 Å². The molecule has 30 heavy (non-hydrogen) atoms. The lowest BCUT2D eigenvalue weighted by molar-refractivity contribution is -0.384. The van der Waals surface area contributed by atoms with Gasteiger partial charge < -0.3 is 9.64 Å². The zero-order valence-corrected chi connectivity index (χ0v) is 17.2.